The van der Waals surface area contributed by atoms with Crippen LogP contribution in [-0.2, 0) is 19.1 Å². The van der Waals surface area contributed by atoms with Crippen molar-refractivity contribution in [1.29, 1.82) is 0 Å². The van der Waals surface area contributed by atoms with Crippen molar-refractivity contribution < 1.29 is 29.0 Å². The third-order valence-electron chi connectivity index (χ3n) is 5.83. The smallest absolute Gasteiger partial charge is 0.408 e. The number of amides is 4. The quantitative estimate of drug-likeness (QED) is 0.236. The number of carbonyl (C=O) groups excluding carboxylic acids is 4. The van der Waals surface area contributed by atoms with E-state index >= 15 is 0 Å². The fourth-order valence-corrected chi connectivity index (χ4v) is 3.95. The molecule has 0 bridgehead atoms. The maximum absolute atomic E-state index is 14.0. The number of unbranched alkanes of at least 4 members (excludes halogenated alkanes) is 4. The van der Waals surface area contributed by atoms with Crippen LogP contribution in [0.2, 0.25) is 0 Å². The van der Waals surface area contributed by atoms with Gasteiger partial charge in [0.25, 0.3) is 0 Å². The summed E-state index contributed by atoms with van der Waals surface area (Å²) in [7, 11) is 0. The van der Waals surface area contributed by atoms with Gasteiger partial charge in [0.05, 0.1) is 0 Å². The highest BCUT2D eigenvalue weighted by atomic mass is 16.6. The van der Waals surface area contributed by atoms with E-state index < -0.39 is 41.5 Å². The van der Waals surface area contributed by atoms with Crippen LogP contribution >= 0.6 is 0 Å². The summed E-state index contributed by atoms with van der Waals surface area (Å²) in [6.45, 7) is 9.80. The number of hydrogen-bond acceptors (Lipinski definition) is 6. The lowest BCUT2D eigenvalue weighted by molar-refractivity contribution is -0.143. The van der Waals surface area contributed by atoms with Crippen LogP contribution in [0.15, 0.2) is 24.3 Å². The highest BCUT2D eigenvalue weighted by molar-refractivity contribution is 5.92. The first-order valence-corrected chi connectivity index (χ1v) is 13.5. The summed E-state index contributed by atoms with van der Waals surface area (Å²) in [5, 5.41) is 16.1. The average Bonchev–Trinajstić information content (AvgIpc) is 2.83. The normalized spacial score (nSPS) is 12.8. The lowest BCUT2D eigenvalue weighted by atomic mass is 10.00. The van der Waals surface area contributed by atoms with E-state index in [-0.39, 0.29) is 30.7 Å². The number of primary amides is 1. The van der Waals surface area contributed by atoms with Gasteiger partial charge in [-0.3, -0.25) is 14.4 Å². The standard InChI is InChI=1S/C28H46N4O6/c1-6-8-12-18-30-25(35)24(20-14-10-11-15-22(20)33)32(19-13-9-7-2)26(36)21(16-17-23(29)34)31-27(37)38-28(3,4)5/h10-11,14-15,21,24,33H,6-9,12-13,16-19H2,1-5H3,(H2,29,34)(H,30,35)(H,31,37). The number of carbonyl (C=O) groups is 4. The number of phenols is 1. The van der Waals surface area contributed by atoms with Crippen LogP contribution in [0, 0.1) is 0 Å². The molecule has 0 aliphatic heterocycles. The lowest BCUT2D eigenvalue weighted by Crippen LogP contribution is -2.53. The van der Waals surface area contributed by atoms with Gasteiger partial charge < -0.3 is 31.1 Å². The van der Waals surface area contributed by atoms with Crippen molar-refractivity contribution in [2.75, 3.05) is 13.1 Å². The number of alkyl carbamates (subject to hydrolysis) is 1. The number of nitrogens with two attached hydrogens (primary N) is 1. The van der Waals surface area contributed by atoms with Crippen LogP contribution in [0.4, 0.5) is 4.79 Å². The second kappa shape index (κ2) is 16.5. The van der Waals surface area contributed by atoms with E-state index in [4.69, 9.17) is 10.5 Å². The first-order chi connectivity index (χ1) is 17.9. The highest BCUT2D eigenvalue weighted by Gasteiger charge is 2.37. The Kier molecular flexibility index (Phi) is 14.2. The zero-order chi connectivity index (χ0) is 28.7. The van der Waals surface area contributed by atoms with Crippen molar-refractivity contribution >= 4 is 23.8 Å². The van der Waals surface area contributed by atoms with E-state index in [1.165, 1.54) is 11.0 Å². The fourth-order valence-electron chi connectivity index (χ4n) is 3.95. The molecule has 2 atom stereocenters. The van der Waals surface area contributed by atoms with E-state index in [2.05, 4.69) is 17.6 Å². The fraction of sp³-hybridized carbons (Fsp3) is 0.643. The lowest BCUT2D eigenvalue weighted by Gasteiger charge is -2.34. The molecule has 0 aliphatic carbocycles. The molecule has 0 heterocycles. The van der Waals surface area contributed by atoms with Gasteiger partial charge in [-0.15, -0.1) is 0 Å². The molecule has 0 saturated carbocycles. The van der Waals surface area contributed by atoms with Gasteiger partial charge in [0.15, 0.2) is 0 Å². The van der Waals surface area contributed by atoms with E-state index in [9.17, 15) is 24.3 Å². The highest BCUT2D eigenvalue weighted by Crippen LogP contribution is 2.30. The molecular weight excluding hydrogens is 488 g/mol. The zero-order valence-corrected chi connectivity index (χ0v) is 23.5. The summed E-state index contributed by atoms with van der Waals surface area (Å²) in [5.41, 5.74) is 4.81. The number of benzene rings is 1. The maximum atomic E-state index is 14.0. The summed E-state index contributed by atoms with van der Waals surface area (Å²) in [4.78, 5) is 53.1. The van der Waals surface area contributed by atoms with Crippen LogP contribution in [-0.4, -0.2) is 58.6 Å². The largest absolute Gasteiger partial charge is 0.508 e. The van der Waals surface area contributed by atoms with Gasteiger partial charge in [0.2, 0.25) is 17.7 Å². The minimum absolute atomic E-state index is 0.0662. The molecule has 1 aromatic carbocycles. The Balaban J connectivity index is 3.45. The molecule has 1 rings (SSSR count). The molecule has 0 spiro atoms. The molecular formula is C28H46N4O6. The van der Waals surface area contributed by atoms with Crippen LogP contribution in [0.1, 0.15) is 97.6 Å². The van der Waals surface area contributed by atoms with Crippen molar-refractivity contribution in [3.05, 3.63) is 29.8 Å². The summed E-state index contributed by atoms with van der Waals surface area (Å²) in [6.07, 6.45) is 3.95. The van der Waals surface area contributed by atoms with Gasteiger partial charge in [-0.05, 0) is 46.1 Å². The predicted octanol–water partition coefficient (Wildman–Crippen LogP) is 3.92. The van der Waals surface area contributed by atoms with Crippen molar-refractivity contribution in [2.24, 2.45) is 5.73 Å². The summed E-state index contributed by atoms with van der Waals surface area (Å²) >= 11 is 0. The van der Waals surface area contributed by atoms with E-state index in [1.54, 1.807) is 39.0 Å². The minimum Gasteiger partial charge on any atom is -0.508 e. The maximum Gasteiger partial charge on any atom is 0.408 e. The molecule has 214 valence electrons. The Morgan fingerprint density at radius 3 is 2.24 bits per heavy atom. The van der Waals surface area contributed by atoms with E-state index in [0.717, 1.165) is 32.1 Å². The second-order valence-electron chi connectivity index (χ2n) is 10.4. The molecule has 4 amide bonds. The Hall–Kier alpha value is -3.30. The summed E-state index contributed by atoms with van der Waals surface area (Å²) in [6, 6.07) is 4.08. The van der Waals surface area contributed by atoms with E-state index in [1.807, 2.05) is 6.92 Å². The molecule has 10 nitrogen and oxygen atoms in total. The average molecular weight is 535 g/mol. The van der Waals surface area contributed by atoms with Gasteiger partial charge in [0, 0.05) is 25.1 Å². The molecule has 0 aliphatic rings. The van der Waals surface area contributed by atoms with Gasteiger partial charge in [-0.2, -0.15) is 0 Å². The molecule has 2 unspecified atom stereocenters. The molecule has 0 radical (unpaired) electrons. The number of phenolic OH excluding ortho intramolecular Hbond substituents is 1. The second-order valence-corrected chi connectivity index (χ2v) is 10.4. The number of hydrogen-bond donors (Lipinski definition) is 4. The molecule has 5 N–H and O–H groups in total. The van der Waals surface area contributed by atoms with Gasteiger partial charge in [-0.25, -0.2) is 4.79 Å². The Morgan fingerprint density at radius 1 is 1.03 bits per heavy atom. The topological polar surface area (TPSA) is 151 Å². The monoisotopic (exact) mass is 534 g/mol. The van der Waals surface area contributed by atoms with Gasteiger partial charge >= 0.3 is 6.09 Å². The third-order valence-corrected chi connectivity index (χ3v) is 5.83. The number of ether oxygens (including phenoxy) is 1. The van der Waals surface area contributed by atoms with Crippen molar-refractivity contribution in [3.8, 4) is 5.75 Å². The number of rotatable bonds is 16. The van der Waals surface area contributed by atoms with Crippen LogP contribution in [0.5, 0.6) is 5.75 Å². The van der Waals surface area contributed by atoms with Crippen molar-refractivity contribution in [1.82, 2.24) is 15.5 Å². The Morgan fingerprint density at radius 2 is 1.66 bits per heavy atom. The SMILES string of the molecule is CCCCCNC(=O)C(c1ccccc1O)N(CCCCC)C(=O)C(CCC(N)=O)NC(=O)OC(C)(C)C. The zero-order valence-electron chi connectivity index (χ0n) is 23.5. The molecule has 1 aromatic rings. The molecule has 0 saturated heterocycles. The van der Waals surface area contributed by atoms with Crippen molar-refractivity contribution in [3.63, 3.8) is 0 Å². The Bertz CT molecular complexity index is 915. The molecule has 10 heteroatoms. The minimum atomic E-state index is -1.17. The molecule has 0 fully saturated rings. The van der Waals surface area contributed by atoms with Crippen LogP contribution < -0.4 is 16.4 Å². The van der Waals surface area contributed by atoms with Crippen LogP contribution in [0.25, 0.3) is 0 Å². The molecule has 0 aromatic heterocycles. The Labute approximate surface area is 226 Å². The first-order valence-electron chi connectivity index (χ1n) is 13.5. The van der Waals surface area contributed by atoms with Crippen molar-refractivity contribution in [2.45, 2.75) is 104 Å². The van der Waals surface area contributed by atoms with Gasteiger partial charge in [-0.1, -0.05) is 57.7 Å². The van der Waals surface area contributed by atoms with Crippen LogP contribution in [0.3, 0.4) is 0 Å². The van der Waals surface area contributed by atoms with Gasteiger partial charge in [0.1, 0.15) is 23.4 Å². The summed E-state index contributed by atoms with van der Waals surface area (Å²) in [5.74, 6) is -1.75. The predicted molar refractivity (Wildman–Crippen MR) is 146 cm³/mol. The summed E-state index contributed by atoms with van der Waals surface area (Å²) < 4.78 is 5.33. The molecule has 38 heavy (non-hydrogen) atoms. The number of aromatic hydroxyl groups is 1. The number of nitrogens with one attached hydrogen (secondary N) is 2. The number of nitrogens with zero attached hydrogens (tertiary/aromatic N) is 1. The van der Waals surface area contributed by atoms with E-state index in [0.29, 0.717) is 13.0 Å². The first kappa shape index (κ1) is 32.7. The third kappa shape index (κ3) is 11.8. The number of para-hydroxylation sites is 1.